The summed E-state index contributed by atoms with van der Waals surface area (Å²) in [7, 11) is 0. The summed E-state index contributed by atoms with van der Waals surface area (Å²) in [6.07, 6.45) is -2.67. The van der Waals surface area contributed by atoms with Crippen LogP contribution in [-0.4, -0.2) is 12.2 Å². The van der Waals surface area contributed by atoms with Crippen LogP contribution in [-0.2, 0) is 6.18 Å². The third kappa shape index (κ3) is 3.73. The molecule has 4 aromatic rings. The Labute approximate surface area is 204 Å². The maximum atomic E-state index is 13.6. The number of hydrogen-bond acceptors (Lipinski definition) is 4. The lowest BCUT2D eigenvalue weighted by Crippen LogP contribution is -2.29. The standard InChI is InChI=1S/C25H15BrF3NO3S/c1-34-17-8-5-13(6-9-17)21-20-22(31)18-12-15(26)7-10-19(18)33-23(20)24(32)30(21)16-4-2-3-14(11-16)25(27,28)29/h2-12,21H,1H3. The van der Waals surface area contributed by atoms with Crippen LogP contribution in [0.3, 0.4) is 0 Å². The van der Waals surface area contributed by atoms with E-state index in [4.69, 9.17) is 4.42 Å². The first-order valence-corrected chi connectivity index (χ1v) is 12.1. The third-order valence-corrected chi connectivity index (χ3v) is 6.95. The zero-order chi connectivity index (χ0) is 24.2. The van der Waals surface area contributed by atoms with Gasteiger partial charge in [-0.2, -0.15) is 13.2 Å². The number of amides is 1. The first kappa shape index (κ1) is 22.7. The Hall–Kier alpha value is -3.04. The molecule has 0 N–H and O–H groups in total. The summed E-state index contributed by atoms with van der Waals surface area (Å²) in [5.74, 6) is -0.841. The molecule has 3 aromatic carbocycles. The van der Waals surface area contributed by atoms with Gasteiger partial charge in [0.2, 0.25) is 5.76 Å². The normalized spacial score (nSPS) is 15.7. The highest BCUT2D eigenvalue weighted by Gasteiger charge is 2.44. The van der Waals surface area contributed by atoms with Gasteiger partial charge in [0.1, 0.15) is 5.58 Å². The summed E-state index contributed by atoms with van der Waals surface area (Å²) >= 11 is 4.87. The van der Waals surface area contributed by atoms with E-state index in [-0.39, 0.29) is 28.0 Å². The second-order valence-corrected chi connectivity index (χ2v) is 9.51. The summed E-state index contributed by atoms with van der Waals surface area (Å²) in [4.78, 5) is 29.3. The maximum Gasteiger partial charge on any atom is 0.416 e. The molecule has 5 rings (SSSR count). The molecule has 1 aliphatic heterocycles. The van der Waals surface area contributed by atoms with Crippen LogP contribution >= 0.6 is 27.7 Å². The van der Waals surface area contributed by atoms with Crippen molar-refractivity contribution in [2.75, 3.05) is 11.2 Å². The second kappa shape index (κ2) is 8.32. The summed E-state index contributed by atoms with van der Waals surface area (Å²) in [6.45, 7) is 0. The minimum Gasteiger partial charge on any atom is -0.450 e. The van der Waals surface area contributed by atoms with Gasteiger partial charge >= 0.3 is 6.18 Å². The molecule has 172 valence electrons. The van der Waals surface area contributed by atoms with Gasteiger partial charge in [0.15, 0.2) is 5.43 Å². The predicted octanol–water partition coefficient (Wildman–Crippen LogP) is 7.05. The fourth-order valence-corrected chi connectivity index (χ4v) is 4.91. The molecule has 1 aromatic heterocycles. The van der Waals surface area contributed by atoms with Crippen molar-refractivity contribution in [1.82, 2.24) is 0 Å². The van der Waals surface area contributed by atoms with E-state index in [1.54, 1.807) is 30.3 Å². The highest BCUT2D eigenvalue weighted by Crippen LogP contribution is 2.43. The van der Waals surface area contributed by atoms with E-state index >= 15 is 0 Å². The number of halogens is 4. The molecule has 1 atom stereocenters. The number of rotatable bonds is 3. The van der Waals surface area contributed by atoms with E-state index < -0.39 is 29.1 Å². The van der Waals surface area contributed by atoms with Gasteiger partial charge in [-0.05, 0) is 60.4 Å². The van der Waals surface area contributed by atoms with Gasteiger partial charge in [-0.1, -0.05) is 34.1 Å². The van der Waals surface area contributed by atoms with E-state index in [0.29, 0.717) is 10.0 Å². The Bertz CT molecular complexity index is 1500. The highest BCUT2D eigenvalue weighted by molar-refractivity contribution is 9.10. The summed E-state index contributed by atoms with van der Waals surface area (Å²) in [5.41, 5.74) is -0.357. The second-order valence-electron chi connectivity index (χ2n) is 7.71. The molecule has 0 spiro atoms. The molecule has 1 unspecified atom stereocenters. The minimum atomic E-state index is -4.59. The molecule has 34 heavy (non-hydrogen) atoms. The Morgan fingerprint density at radius 1 is 1.00 bits per heavy atom. The number of benzene rings is 3. The molecule has 0 aliphatic carbocycles. The molecule has 0 fully saturated rings. The van der Waals surface area contributed by atoms with Crippen LogP contribution in [0.1, 0.15) is 33.3 Å². The van der Waals surface area contributed by atoms with E-state index in [1.165, 1.54) is 28.8 Å². The van der Waals surface area contributed by atoms with E-state index in [1.807, 2.05) is 18.4 Å². The highest BCUT2D eigenvalue weighted by atomic mass is 79.9. The predicted molar refractivity (Wildman–Crippen MR) is 129 cm³/mol. The number of alkyl halides is 3. The van der Waals surface area contributed by atoms with Gasteiger partial charge in [0, 0.05) is 15.1 Å². The number of carbonyl (C=O) groups excluding carboxylic acids is 1. The maximum absolute atomic E-state index is 13.6. The first-order chi connectivity index (χ1) is 16.2. The molecule has 0 saturated heterocycles. The zero-order valence-electron chi connectivity index (χ0n) is 17.5. The lowest BCUT2D eigenvalue weighted by Gasteiger charge is -2.26. The smallest absolute Gasteiger partial charge is 0.416 e. The number of fused-ring (bicyclic) bond motifs is 2. The first-order valence-electron chi connectivity index (χ1n) is 10.1. The lowest BCUT2D eigenvalue weighted by molar-refractivity contribution is -0.137. The summed E-state index contributed by atoms with van der Waals surface area (Å²) in [6, 6.07) is 15.6. The Morgan fingerprint density at radius 3 is 2.41 bits per heavy atom. The van der Waals surface area contributed by atoms with E-state index in [2.05, 4.69) is 15.9 Å². The molecule has 1 amide bonds. The average molecular weight is 546 g/mol. The third-order valence-electron chi connectivity index (χ3n) is 5.72. The summed E-state index contributed by atoms with van der Waals surface area (Å²) < 4.78 is 46.8. The zero-order valence-corrected chi connectivity index (χ0v) is 19.9. The van der Waals surface area contributed by atoms with Crippen molar-refractivity contribution < 1.29 is 22.4 Å². The van der Waals surface area contributed by atoms with Crippen molar-refractivity contribution in [2.24, 2.45) is 0 Å². The topological polar surface area (TPSA) is 50.5 Å². The van der Waals surface area contributed by atoms with Gasteiger partial charge in [0.05, 0.1) is 22.6 Å². The quantitative estimate of drug-likeness (QED) is 0.259. The molecule has 0 saturated carbocycles. The molecular formula is C25H15BrF3NO3S. The molecule has 4 nitrogen and oxygen atoms in total. The number of thioether (sulfide) groups is 1. The van der Waals surface area contributed by atoms with Crippen molar-refractivity contribution in [3.05, 3.63) is 104 Å². The van der Waals surface area contributed by atoms with Gasteiger partial charge in [0.25, 0.3) is 5.91 Å². The van der Waals surface area contributed by atoms with Crippen molar-refractivity contribution in [2.45, 2.75) is 17.1 Å². The number of hydrogen-bond donors (Lipinski definition) is 0. The van der Waals surface area contributed by atoms with Gasteiger partial charge in [-0.25, -0.2) is 0 Å². The Morgan fingerprint density at radius 2 is 1.74 bits per heavy atom. The van der Waals surface area contributed by atoms with Crippen molar-refractivity contribution in [3.8, 4) is 0 Å². The average Bonchev–Trinajstić information content (AvgIpc) is 3.11. The van der Waals surface area contributed by atoms with Gasteiger partial charge in [-0.3, -0.25) is 14.5 Å². The van der Waals surface area contributed by atoms with E-state index in [9.17, 15) is 22.8 Å². The molecule has 1 aliphatic rings. The van der Waals surface area contributed by atoms with Crippen LogP contribution in [0.25, 0.3) is 11.0 Å². The van der Waals surface area contributed by atoms with E-state index in [0.717, 1.165) is 17.0 Å². The lowest BCUT2D eigenvalue weighted by atomic mass is 9.98. The van der Waals surface area contributed by atoms with Crippen LogP contribution in [0.5, 0.6) is 0 Å². The Balaban J connectivity index is 1.78. The van der Waals surface area contributed by atoms with Crippen LogP contribution in [0.15, 0.2) is 85.3 Å². The summed E-state index contributed by atoms with van der Waals surface area (Å²) in [5, 5.41) is 0.276. The monoisotopic (exact) mass is 545 g/mol. The Kier molecular flexibility index (Phi) is 5.56. The van der Waals surface area contributed by atoms with Crippen molar-refractivity contribution in [1.29, 1.82) is 0 Å². The number of anilines is 1. The van der Waals surface area contributed by atoms with Crippen molar-refractivity contribution >= 4 is 50.3 Å². The molecule has 2 heterocycles. The number of nitrogens with zero attached hydrogens (tertiary/aromatic N) is 1. The fraction of sp³-hybridized carbons (Fsp3) is 0.120. The van der Waals surface area contributed by atoms with Gasteiger partial charge in [-0.15, -0.1) is 11.8 Å². The van der Waals surface area contributed by atoms with Crippen LogP contribution in [0.4, 0.5) is 18.9 Å². The molecule has 0 radical (unpaired) electrons. The van der Waals surface area contributed by atoms with Crippen LogP contribution in [0, 0.1) is 0 Å². The largest absolute Gasteiger partial charge is 0.450 e. The minimum absolute atomic E-state index is 0.0230. The van der Waals surface area contributed by atoms with Crippen LogP contribution < -0.4 is 10.3 Å². The molecule has 9 heteroatoms. The van der Waals surface area contributed by atoms with Crippen LogP contribution in [0.2, 0.25) is 0 Å². The molecular weight excluding hydrogens is 531 g/mol. The van der Waals surface area contributed by atoms with Crippen molar-refractivity contribution in [3.63, 3.8) is 0 Å². The fourth-order valence-electron chi connectivity index (χ4n) is 4.15. The number of carbonyl (C=O) groups is 1. The molecule has 0 bridgehead atoms. The van der Waals surface area contributed by atoms with Gasteiger partial charge < -0.3 is 4.42 Å². The SMILES string of the molecule is CSc1ccc(C2c3c(oc4ccc(Br)cc4c3=O)C(=O)N2c2cccc(C(F)(F)F)c2)cc1.